The Morgan fingerprint density at radius 3 is 2.41 bits per heavy atom. The van der Waals surface area contributed by atoms with Crippen LogP contribution in [0.5, 0.6) is 0 Å². The number of nitrogens with zero attached hydrogens (tertiary/aromatic N) is 1. The van der Waals surface area contributed by atoms with E-state index in [4.69, 9.17) is 0 Å². The normalized spacial score (nSPS) is 13.9. The second-order valence-corrected chi connectivity index (χ2v) is 8.15. The number of hydrogen-bond acceptors (Lipinski definition) is 4. The van der Waals surface area contributed by atoms with E-state index in [2.05, 4.69) is 4.72 Å². The fourth-order valence-electron chi connectivity index (χ4n) is 2.99. The minimum absolute atomic E-state index is 0.00529. The van der Waals surface area contributed by atoms with Gasteiger partial charge >= 0.3 is 0 Å². The highest BCUT2D eigenvalue weighted by Crippen LogP contribution is 2.24. The molecule has 27 heavy (non-hydrogen) atoms. The molecule has 2 amide bonds. The Morgan fingerprint density at radius 2 is 1.70 bits per heavy atom. The van der Waals surface area contributed by atoms with Gasteiger partial charge in [-0.15, -0.1) is 0 Å². The van der Waals surface area contributed by atoms with Crippen LogP contribution in [0.3, 0.4) is 0 Å². The van der Waals surface area contributed by atoms with Gasteiger partial charge < -0.3 is 0 Å². The Balaban J connectivity index is 1.50. The first-order valence-corrected chi connectivity index (χ1v) is 10.2. The van der Waals surface area contributed by atoms with E-state index in [1.165, 1.54) is 12.1 Å². The molecular formula is C19H19FN2O4S. The Morgan fingerprint density at radius 1 is 0.963 bits per heavy atom. The third-order valence-electron chi connectivity index (χ3n) is 4.33. The highest BCUT2D eigenvalue weighted by Gasteiger charge is 2.37. The summed E-state index contributed by atoms with van der Waals surface area (Å²) in [5, 5.41) is 0. The number of carbonyl (C=O) groups excluding carboxylic acids is 2. The molecule has 2 aromatic rings. The van der Waals surface area contributed by atoms with E-state index in [0.29, 0.717) is 12.8 Å². The average Bonchev–Trinajstić information content (AvgIpc) is 2.88. The van der Waals surface area contributed by atoms with Gasteiger partial charge in [0.15, 0.2) is 0 Å². The summed E-state index contributed by atoms with van der Waals surface area (Å²) in [7, 11) is -3.53. The van der Waals surface area contributed by atoms with Gasteiger partial charge in [0.2, 0.25) is 10.0 Å². The molecule has 3 rings (SSSR count). The monoisotopic (exact) mass is 390 g/mol. The molecule has 2 aromatic carbocycles. The quantitative estimate of drug-likeness (QED) is 0.699. The van der Waals surface area contributed by atoms with Crippen LogP contribution in [0.4, 0.5) is 4.39 Å². The van der Waals surface area contributed by atoms with Crippen molar-refractivity contribution in [2.24, 2.45) is 0 Å². The van der Waals surface area contributed by atoms with Crippen LogP contribution in [0.1, 0.15) is 32.7 Å². The molecule has 1 N–H and O–H groups in total. The molecule has 0 aliphatic carbocycles. The summed E-state index contributed by atoms with van der Waals surface area (Å²) in [4.78, 5) is 25.3. The van der Waals surface area contributed by atoms with Crippen LogP contribution < -0.4 is 4.72 Å². The first-order valence-electron chi connectivity index (χ1n) is 8.55. The van der Waals surface area contributed by atoms with Crippen molar-refractivity contribution in [3.8, 4) is 0 Å². The van der Waals surface area contributed by atoms with Crippen molar-refractivity contribution in [1.29, 1.82) is 0 Å². The first-order chi connectivity index (χ1) is 12.9. The van der Waals surface area contributed by atoms with Crippen LogP contribution in [0.2, 0.25) is 0 Å². The van der Waals surface area contributed by atoms with E-state index in [-0.39, 0.29) is 30.0 Å². The summed E-state index contributed by atoms with van der Waals surface area (Å²) in [5.74, 6) is -2.16. The SMILES string of the molecule is O=C1c2cccc(F)c2C(=O)N1CCNS(=O)(=O)CCCc1ccccc1. The molecule has 0 saturated carbocycles. The molecule has 0 spiro atoms. The number of carbonyl (C=O) groups is 2. The lowest BCUT2D eigenvalue weighted by atomic mass is 10.1. The van der Waals surface area contributed by atoms with Gasteiger partial charge in [-0.25, -0.2) is 17.5 Å². The molecule has 1 aliphatic heterocycles. The maximum absolute atomic E-state index is 13.8. The van der Waals surface area contributed by atoms with Crippen molar-refractivity contribution < 1.29 is 22.4 Å². The molecule has 0 saturated heterocycles. The second-order valence-electron chi connectivity index (χ2n) is 6.23. The van der Waals surface area contributed by atoms with Crippen LogP contribution in [0.15, 0.2) is 48.5 Å². The molecule has 0 unspecified atom stereocenters. The lowest BCUT2D eigenvalue weighted by molar-refractivity contribution is 0.0656. The first kappa shape index (κ1) is 19.2. The predicted octanol–water partition coefficient (Wildman–Crippen LogP) is 1.97. The van der Waals surface area contributed by atoms with Gasteiger partial charge in [-0.2, -0.15) is 0 Å². The lowest BCUT2D eigenvalue weighted by Gasteiger charge is -2.14. The topological polar surface area (TPSA) is 83.6 Å². The van der Waals surface area contributed by atoms with E-state index in [0.717, 1.165) is 16.5 Å². The number of benzene rings is 2. The van der Waals surface area contributed by atoms with Crippen molar-refractivity contribution in [2.75, 3.05) is 18.8 Å². The van der Waals surface area contributed by atoms with Crippen molar-refractivity contribution in [3.63, 3.8) is 0 Å². The molecule has 8 heteroatoms. The minimum Gasteiger partial charge on any atom is -0.273 e. The number of nitrogens with one attached hydrogen (secondary N) is 1. The van der Waals surface area contributed by atoms with Gasteiger partial charge in [-0.05, 0) is 30.5 Å². The number of hydrogen-bond donors (Lipinski definition) is 1. The van der Waals surface area contributed by atoms with E-state index < -0.39 is 27.7 Å². The Kier molecular flexibility index (Phi) is 5.67. The lowest BCUT2D eigenvalue weighted by Crippen LogP contribution is -2.38. The maximum Gasteiger partial charge on any atom is 0.264 e. The molecule has 0 radical (unpaired) electrons. The number of halogens is 1. The zero-order valence-electron chi connectivity index (χ0n) is 14.5. The van der Waals surface area contributed by atoms with Gasteiger partial charge in [0, 0.05) is 13.1 Å². The zero-order chi connectivity index (χ0) is 19.4. The van der Waals surface area contributed by atoms with Gasteiger partial charge in [-0.3, -0.25) is 14.5 Å². The summed E-state index contributed by atoms with van der Waals surface area (Å²) in [6.07, 6.45) is 1.09. The standard InChI is InChI=1S/C19H19FN2O4S/c20-16-10-4-9-15-17(16)19(24)22(18(15)23)12-11-21-27(25,26)13-5-8-14-6-2-1-3-7-14/h1-4,6-7,9-10,21H,5,8,11-13H2. The molecule has 142 valence electrons. The van der Waals surface area contributed by atoms with Crippen LogP contribution in [-0.4, -0.2) is 44.0 Å². The van der Waals surface area contributed by atoms with E-state index >= 15 is 0 Å². The summed E-state index contributed by atoms with van der Waals surface area (Å²) in [6, 6.07) is 13.4. The van der Waals surface area contributed by atoms with Crippen molar-refractivity contribution >= 4 is 21.8 Å². The number of rotatable bonds is 8. The van der Waals surface area contributed by atoms with Crippen LogP contribution in [0.25, 0.3) is 0 Å². The fraction of sp³-hybridized carbons (Fsp3) is 0.263. The van der Waals surface area contributed by atoms with Crippen molar-refractivity contribution in [1.82, 2.24) is 9.62 Å². The Bertz CT molecular complexity index is 961. The summed E-state index contributed by atoms with van der Waals surface area (Å²) < 4.78 is 40.3. The number of sulfonamides is 1. The molecule has 6 nitrogen and oxygen atoms in total. The van der Waals surface area contributed by atoms with Gasteiger partial charge in [0.05, 0.1) is 16.9 Å². The second kappa shape index (κ2) is 7.98. The fourth-order valence-corrected chi connectivity index (χ4v) is 4.06. The predicted molar refractivity (Wildman–Crippen MR) is 98.3 cm³/mol. The van der Waals surface area contributed by atoms with E-state index in [1.54, 1.807) is 0 Å². The largest absolute Gasteiger partial charge is 0.273 e. The molecule has 0 fully saturated rings. The molecule has 1 aliphatic rings. The van der Waals surface area contributed by atoms with Crippen LogP contribution in [0, 0.1) is 5.82 Å². The maximum atomic E-state index is 13.8. The summed E-state index contributed by atoms with van der Waals surface area (Å²) >= 11 is 0. The molecule has 0 aromatic heterocycles. The van der Waals surface area contributed by atoms with Crippen LogP contribution >= 0.6 is 0 Å². The van der Waals surface area contributed by atoms with Gasteiger partial charge in [-0.1, -0.05) is 36.4 Å². The third kappa shape index (κ3) is 4.40. The third-order valence-corrected chi connectivity index (χ3v) is 5.80. The number of amides is 2. The molecule has 0 atom stereocenters. The van der Waals surface area contributed by atoms with Crippen molar-refractivity contribution in [3.05, 3.63) is 71.0 Å². The van der Waals surface area contributed by atoms with E-state index in [9.17, 15) is 22.4 Å². The number of aryl methyl sites for hydroxylation is 1. The molecule has 0 bridgehead atoms. The molecular weight excluding hydrogens is 371 g/mol. The van der Waals surface area contributed by atoms with Crippen molar-refractivity contribution in [2.45, 2.75) is 12.8 Å². The Labute approximate surface area is 157 Å². The molecule has 1 heterocycles. The summed E-state index contributed by atoms with van der Waals surface area (Å²) in [5.41, 5.74) is 0.805. The highest BCUT2D eigenvalue weighted by molar-refractivity contribution is 7.89. The minimum atomic E-state index is -3.53. The Hall–Kier alpha value is -2.58. The van der Waals surface area contributed by atoms with E-state index in [1.807, 2.05) is 30.3 Å². The number of imide groups is 1. The highest BCUT2D eigenvalue weighted by atomic mass is 32.2. The van der Waals surface area contributed by atoms with Crippen LogP contribution in [-0.2, 0) is 16.4 Å². The average molecular weight is 390 g/mol. The van der Waals surface area contributed by atoms with Gasteiger partial charge in [0.25, 0.3) is 11.8 Å². The summed E-state index contributed by atoms with van der Waals surface area (Å²) in [6.45, 7) is -0.259. The smallest absolute Gasteiger partial charge is 0.264 e. The zero-order valence-corrected chi connectivity index (χ0v) is 15.3. The number of fused-ring (bicyclic) bond motifs is 1. The van der Waals surface area contributed by atoms with Gasteiger partial charge in [0.1, 0.15) is 5.82 Å².